The molecular weight excluding hydrogens is 244 g/mol. The molecule has 0 aromatic rings. The van der Waals surface area contributed by atoms with Crippen LogP contribution in [0.2, 0.25) is 0 Å². The van der Waals surface area contributed by atoms with Crippen molar-refractivity contribution in [2.24, 2.45) is 17.3 Å². The molecule has 0 aliphatic carbocycles. The van der Waals surface area contributed by atoms with E-state index < -0.39 is 0 Å². The fourth-order valence-corrected chi connectivity index (χ4v) is 4.80. The molecule has 0 radical (unpaired) electrons. The van der Waals surface area contributed by atoms with Crippen molar-refractivity contribution in [3.05, 3.63) is 0 Å². The highest BCUT2D eigenvalue weighted by Crippen LogP contribution is 2.35. The predicted molar refractivity (Wildman–Crippen MR) is 85.9 cm³/mol. The lowest BCUT2D eigenvalue weighted by Gasteiger charge is -2.39. The monoisotopic (exact) mass is 278 g/mol. The molecule has 0 saturated carbocycles. The summed E-state index contributed by atoms with van der Waals surface area (Å²) in [4.78, 5) is 2.74. The van der Waals surface area contributed by atoms with Crippen LogP contribution in [0, 0.1) is 17.3 Å². The van der Waals surface area contributed by atoms with E-state index in [1.54, 1.807) is 0 Å². The zero-order valence-corrected chi connectivity index (χ0v) is 13.8. The average Bonchev–Trinajstić information content (AvgIpc) is 2.75. The van der Waals surface area contributed by atoms with E-state index in [0.717, 1.165) is 23.9 Å². The van der Waals surface area contributed by atoms with Gasteiger partial charge >= 0.3 is 0 Å². The Morgan fingerprint density at radius 2 is 1.55 bits per heavy atom. The maximum absolute atomic E-state index is 3.77. The standard InChI is InChI=1S/C18H34N2/c1-18(2,3)15-7-10-20(11-8-15)9-6-14-12-16-4-5-17(13-14)19-16/h14-17,19H,4-13H2,1-3H3. The molecule has 2 atom stereocenters. The molecule has 1 N–H and O–H groups in total. The molecule has 2 unspecified atom stereocenters. The Hall–Kier alpha value is -0.0800. The number of nitrogens with one attached hydrogen (secondary N) is 1. The summed E-state index contributed by atoms with van der Waals surface area (Å²) in [6.45, 7) is 11.3. The van der Waals surface area contributed by atoms with Gasteiger partial charge in [-0.25, -0.2) is 0 Å². The highest BCUT2D eigenvalue weighted by Gasteiger charge is 2.34. The predicted octanol–water partition coefficient (Wildman–Crippen LogP) is 3.67. The maximum Gasteiger partial charge on any atom is 0.00728 e. The number of nitrogens with zero attached hydrogens (tertiary/aromatic N) is 1. The van der Waals surface area contributed by atoms with Crippen molar-refractivity contribution in [3.63, 3.8) is 0 Å². The van der Waals surface area contributed by atoms with Crippen molar-refractivity contribution in [1.82, 2.24) is 10.2 Å². The average molecular weight is 278 g/mol. The molecule has 0 amide bonds. The molecular formula is C18H34N2. The summed E-state index contributed by atoms with van der Waals surface area (Å²) in [7, 11) is 0. The largest absolute Gasteiger partial charge is 0.311 e. The third-order valence-corrected chi connectivity index (χ3v) is 6.24. The fraction of sp³-hybridized carbons (Fsp3) is 1.00. The van der Waals surface area contributed by atoms with Gasteiger partial charge in [0.2, 0.25) is 0 Å². The summed E-state index contributed by atoms with van der Waals surface area (Å²) >= 11 is 0. The smallest absolute Gasteiger partial charge is 0.00728 e. The van der Waals surface area contributed by atoms with E-state index in [1.807, 2.05) is 0 Å². The quantitative estimate of drug-likeness (QED) is 0.847. The van der Waals surface area contributed by atoms with Crippen LogP contribution in [-0.4, -0.2) is 36.6 Å². The topological polar surface area (TPSA) is 15.3 Å². The van der Waals surface area contributed by atoms with Gasteiger partial charge in [0.25, 0.3) is 0 Å². The van der Waals surface area contributed by atoms with E-state index >= 15 is 0 Å². The molecule has 2 bridgehead atoms. The van der Waals surface area contributed by atoms with Crippen LogP contribution in [0.3, 0.4) is 0 Å². The summed E-state index contributed by atoms with van der Waals surface area (Å²) < 4.78 is 0. The third kappa shape index (κ3) is 3.57. The number of rotatable bonds is 3. The van der Waals surface area contributed by atoms with Crippen LogP contribution < -0.4 is 5.32 Å². The molecule has 2 heteroatoms. The second-order valence-electron chi connectivity index (χ2n) is 8.75. The Morgan fingerprint density at radius 1 is 0.950 bits per heavy atom. The van der Waals surface area contributed by atoms with Crippen LogP contribution in [-0.2, 0) is 0 Å². The number of likely N-dealkylation sites (tertiary alicyclic amines) is 1. The van der Waals surface area contributed by atoms with Crippen LogP contribution in [0.4, 0.5) is 0 Å². The molecule has 0 spiro atoms. The van der Waals surface area contributed by atoms with Gasteiger partial charge in [0.15, 0.2) is 0 Å². The van der Waals surface area contributed by atoms with Crippen molar-refractivity contribution >= 4 is 0 Å². The zero-order chi connectivity index (χ0) is 14.2. The molecule has 116 valence electrons. The van der Waals surface area contributed by atoms with Crippen molar-refractivity contribution in [2.75, 3.05) is 19.6 Å². The van der Waals surface area contributed by atoms with Gasteiger partial charge in [0, 0.05) is 12.1 Å². The van der Waals surface area contributed by atoms with Crippen LogP contribution in [0.1, 0.15) is 65.7 Å². The van der Waals surface area contributed by atoms with Gasteiger partial charge in [0.1, 0.15) is 0 Å². The molecule has 3 aliphatic rings. The fourth-order valence-electron chi connectivity index (χ4n) is 4.80. The summed E-state index contributed by atoms with van der Waals surface area (Å²) in [5.74, 6) is 1.95. The normalized spacial score (nSPS) is 36.5. The SMILES string of the molecule is CC(C)(C)C1CCN(CCC2CC3CCC(C2)N3)CC1. The van der Waals surface area contributed by atoms with E-state index in [9.17, 15) is 0 Å². The maximum atomic E-state index is 3.77. The molecule has 2 nitrogen and oxygen atoms in total. The van der Waals surface area contributed by atoms with Gasteiger partial charge in [-0.1, -0.05) is 20.8 Å². The second-order valence-corrected chi connectivity index (χ2v) is 8.75. The minimum absolute atomic E-state index is 0.514. The number of fused-ring (bicyclic) bond motifs is 2. The van der Waals surface area contributed by atoms with E-state index in [-0.39, 0.29) is 0 Å². The molecule has 20 heavy (non-hydrogen) atoms. The molecule has 3 saturated heterocycles. The first kappa shape index (κ1) is 14.8. The lowest BCUT2D eigenvalue weighted by Crippen LogP contribution is -2.41. The Balaban J connectivity index is 1.38. The lowest BCUT2D eigenvalue weighted by atomic mass is 9.75. The molecule has 3 heterocycles. The molecule has 3 fully saturated rings. The van der Waals surface area contributed by atoms with Crippen molar-refractivity contribution in [1.29, 1.82) is 0 Å². The Bertz CT molecular complexity index is 300. The van der Waals surface area contributed by atoms with Crippen LogP contribution in [0.5, 0.6) is 0 Å². The Morgan fingerprint density at radius 3 is 2.10 bits per heavy atom. The van der Waals surface area contributed by atoms with E-state index in [2.05, 4.69) is 31.0 Å². The number of hydrogen-bond acceptors (Lipinski definition) is 2. The number of piperidine rings is 2. The van der Waals surface area contributed by atoms with E-state index in [0.29, 0.717) is 5.41 Å². The van der Waals surface area contributed by atoms with E-state index in [1.165, 1.54) is 64.6 Å². The van der Waals surface area contributed by atoms with Gasteiger partial charge in [-0.15, -0.1) is 0 Å². The van der Waals surface area contributed by atoms with Crippen LogP contribution >= 0.6 is 0 Å². The minimum atomic E-state index is 0.514. The first-order chi connectivity index (χ1) is 9.50. The molecule has 0 aromatic carbocycles. The first-order valence-corrected chi connectivity index (χ1v) is 8.99. The Kier molecular flexibility index (Phi) is 4.42. The van der Waals surface area contributed by atoms with Gasteiger partial charge in [0.05, 0.1) is 0 Å². The molecule has 3 aliphatic heterocycles. The van der Waals surface area contributed by atoms with Gasteiger partial charge < -0.3 is 10.2 Å². The van der Waals surface area contributed by atoms with Gasteiger partial charge in [-0.2, -0.15) is 0 Å². The van der Waals surface area contributed by atoms with Crippen molar-refractivity contribution in [2.45, 2.75) is 77.8 Å². The number of hydrogen-bond donors (Lipinski definition) is 1. The van der Waals surface area contributed by atoms with Crippen LogP contribution in [0.15, 0.2) is 0 Å². The highest BCUT2D eigenvalue weighted by atomic mass is 15.1. The van der Waals surface area contributed by atoms with E-state index in [4.69, 9.17) is 0 Å². The third-order valence-electron chi connectivity index (χ3n) is 6.24. The summed E-state index contributed by atoms with van der Waals surface area (Å²) in [6.07, 6.45) is 10.1. The summed E-state index contributed by atoms with van der Waals surface area (Å²) in [5.41, 5.74) is 0.514. The van der Waals surface area contributed by atoms with Crippen LogP contribution in [0.25, 0.3) is 0 Å². The van der Waals surface area contributed by atoms with Crippen molar-refractivity contribution < 1.29 is 0 Å². The van der Waals surface area contributed by atoms with Gasteiger partial charge in [-0.05, 0) is 81.8 Å². The highest BCUT2D eigenvalue weighted by molar-refractivity contribution is 4.92. The minimum Gasteiger partial charge on any atom is -0.311 e. The second kappa shape index (κ2) is 5.96. The summed E-state index contributed by atoms with van der Waals surface area (Å²) in [5, 5.41) is 3.77. The first-order valence-electron chi connectivity index (χ1n) is 8.99. The van der Waals surface area contributed by atoms with Crippen molar-refractivity contribution in [3.8, 4) is 0 Å². The van der Waals surface area contributed by atoms with Gasteiger partial charge in [-0.3, -0.25) is 0 Å². The summed E-state index contributed by atoms with van der Waals surface area (Å²) in [6, 6.07) is 1.73. The molecule has 3 rings (SSSR count). The lowest BCUT2D eigenvalue weighted by molar-refractivity contribution is 0.105. The Labute approximate surface area is 125 Å². The zero-order valence-electron chi connectivity index (χ0n) is 13.8. The molecule has 0 aromatic heterocycles.